The Labute approximate surface area is 112 Å². The van der Waals surface area contributed by atoms with Crippen LogP contribution >= 0.6 is 15.9 Å². The van der Waals surface area contributed by atoms with Gasteiger partial charge in [0, 0.05) is 22.5 Å². The van der Waals surface area contributed by atoms with Crippen LogP contribution in [0.15, 0.2) is 16.6 Å². The van der Waals surface area contributed by atoms with Gasteiger partial charge < -0.3 is 10.1 Å². The van der Waals surface area contributed by atoms with Crippen LogP contribution in [0.5, 0.6) is 5.75 Å². The third-order valence-corrected chi connectivity index (χ3v) is 3.76. The van der Waals surface area contributed by atoms with Crippen molar-refractivity contribution in [3.63, 3.8) is 0 Å². The van der Waals surface area contributed by atoms with E-state index in [1.54, 1.807) is 0 Å². The van der Waals surface area contributed by atoms with Gasteiger partial charge in [-0.15, -0.1) is 0 Å². The minimum atomic E-state index is -4.36. The fraction of sp³-hybridized carbons (Fsp3) is 0.500. The molecule has 0 radical (unpaired) electrons. The van der Waals surface area contributed by atoms with Crippen LogP contribution in [0.1, 0.15) is 23.5 Å². The highest BCUT2D eigenvalue weighted by Crippen LogP contribution is 2.41. The van der Waals surface area contributed by atoms with Crippen LogP contribution in [0.25, 0.3) is 0 Å². The molecule has 1 aromatic carbocycles. The fourth-order valence-corrected chi connectivity index (χ4v) is 2.99. The molecule has 6 heteroatoms. The molecule has 1 N–H and O–H groups in total. The number of nitrogens with one attached hydrogen (secondary N) is 1. The van der Waals surface area contributed by atoms with Crippen LogP contribution in [0.3, 0.4) is 0 Å². The summed E-state index contributed by atoms with van der Waals surface area (Å²) >= 11 is 3.23. The van der Waals surface area contributed by atoms with Gasteiger partial charge in [-0.1, -0.05) is 15.9 Å². The van der Waals surface area contributed by atoms with E-state index in [-0.39, 0.29) is 5.92 Å². The molecular formula is C12H13BrF3NO. The highest BCUT2D eigenvalue weighted by molar-refractivity contribution is 9.10. The van der Waals surface area contributed by atoms with Gasteiger partial charge in [-0.05, 0) is 25.1 Å². The van der Waals surface area contributed by atoms with E-state index in [9.17, 15) is 13.2 Å². The lowest BCUT2D eigenvalue weighted by Crippen LogP contribution is -2.11. The molecule has 1 aliphatic heterocycles. The highest BCUT2D eigenvalue weighted by Gasteiger charge is 2.33. The van der Waals surface area contributed by atoms with Gasteiger partial charge in [0.15, 0.2) is 0 Å². The van der Waals surface area contributed by atoms with E-state index in [0.717, 1.165) is 37.2 Å². The summed E-state index contributed by atoms with van der Waals surface area (Å²) < 4.78 is 43.7. The second-order valence-electron chi connectivity index (χ2n) is 4.26. The normalized spacial score (nSPS) is 20.2. The van der Waals surface area contributed by atoms with E-state index in [0.29, 0.717) is 10.2 Å². The Morgan fingerprint density at radius 3 is 2.61 bits per heavy atom. The van der Waals surface area contributed by atoms with E-state index >= 15 is 0 Å². The monoisotopic (exact) mass is 323 g/mol. The lowest BCUT2D eigenvalue weighted by Gasteiger charge is -2.18. The maximum absolute atomic E-state index is 12.7. The fourth-order valence-electron chi connectivity index (χ4n) is 2.22. The zero-order chi connectivity index (χ0) is 13.3. The molecule has 1 fully saturated rings. The maximum atomic E-state index is 12.7. The molecule has 0 spiro atoms. The second kappa shape index (κ2) is 5.09. The summed E-state index contributed by atoms with van der Waals surface area (Å²) in [6, 6.07) is 2.19. The Morgan fingerprint density at radius 2 is 2.11 bits per heavy atom. The van der Waals surface area contributed by atoms with Crippen molar-refractivity contribution in [2.75, 3.05) is 20.2 Å². The Kier molecular flexibility index (Phi) is 3.87. The zero-order valence-corrected chi connectivity index (χ0v) is 11.4. The molecule has 2 rings (SSSR count). The van der Waals surface area contributed by atoms with Gasteiger partial charge in [-0.2, -0.15) is 13.2 Å². The number of hydrogen-bond acceptors (Lipinski definition) is 2. The molecule has 0 aromatic heterocycles. The summed E-state index contributed by atoms with van der Waals surface area (Å²) in [4.78, 5) is 0. The van der Waals surface area contributed by atoms with Crippen LogP contribution in [-0.2, 0) is 6.18 Å². The third kappa shape index (κ3) is 2.64. The van der Waals surface area contributed by atoms with Gasteiger partial charge in [0.2, 0.25) is 0 Å². The molecule has 100 valence electrons. The van der Waals surface area contributed by atoms with Crippen molar-refractivity contribution in [3.05, 3.63) is 27.7 Å². The predicted molar refractivity (Wildman–Crippen MR) is 65.9 cm³/mol. The SMILES string of the molecule is COc1cc(C(F)(F)F)cc(Br)c1C1CCNC1. The van der Waals surface area contributed by atoms with Crippen LogP contribution in [0.2, 0.25) is 0 Å². The average Bonchev–Trinajstić information content (AvgIpc) is 2.79. The molecule has 1 aliphatic rings. The van der Waals surface area contributed by atoms with Gasteiger partial charge in [0.25, 0.3) is 0 Å². The smallest absolute Gasteiger partial charge is 0.416 e. The van der Waals surface area contributed by atoms with Gasteiger partial charge in [-0.25, -0.2) is 0 Å². The van der Waals surface area contributed by atoms with Crippen molar-refractivity contribution < 1.29 is 17.9 Å². The van der Waals surface area contributed by atoms with Crippen molar-refractivity contribution in [1.29, 1.82) is 0 Å². The first kappa shape index (κ1) is 13.7. The number of methoxy groups -OCH3 is 1. The van der Waals surface area contributed by atoms with Gasteiger partial charge in [0.1, 0.15) is 5.75 Å². The number of benzene rings is 1. The first-order valence-electron chi connectivity index (χ1n) is 5.59. The lowest BCUT2D eigenvalue weighted by molar-refractivity contribution is -0.137. The summed E-state index contributed by atoms with van der Waals surface area (Å²) in [5.41, 5.74) is 0.122. The summed E-state index contributed by atoms with van der Waals surface area (Å²) in [5, 5.41) is 3.20. The summed E-state index contributed by atoms with van der Waals surface area (Å²) in [6.45, 7) is 1.64. The largest absolute Gasteiger partial charge is 0.496 e. The maximum Gasteiger partial charge on any atom is 0.416 e. The highest BCUT2D eigenvalue weighted by atomic mass is 79.9. The van der Waals surface area contributed by atoms with E-state index in [2.05, 4.69) is 21.2 Å². The Balaban J connectivity index is 2.47. The number of ether oxygens (including phenoxy) is 1. The van der Waals surface area contributed by atoms with E-state index in [1.807, 2.05) is 0 Å². The first-order chi connectivity index (χ1) is 8.43. The Morgan fingerprint density at radius 1 is 1.39 bits per heavy atom. The van der Waals surface area contributed by atoms with Crippen LogP contribution in [0, 0.1) is 0 Å². The second-order valence-corrected chi connectivity index (χ2v) is 5.12. The van der Waals surface area contributed by atoms with Crippen LogP contribution in [-0.4, -0.2) is 20.2 Å². The predicted octanol–water partition coefficient (Wildman–Crippen LogP) is 3.55. The van der Waals surface area contributed by atoms with Crippen molar-refractivity contribution in [2.45, 2.75) is 18.5 Å². The molecule has 0 bridgehead atoms. The van der Waals surface area contributed by atoms with Crippen molar-refractivity contribution >= 4 is 15.9 Å². The van der Waals surface area contributed by atoms with E-state index < -0.39 is 11.7 Å². The number of rotatable bonds is 2. The van der Waals surface area contributed by atoms with Crippen molar-refractivity contribution in [3.8, 4) is 5.75 Å². The van der Waals surface area contributed by atoms with Gasteiger partial charge in [0.05, 0.1) is 12.7 Å². The molecule has 0 amide bonds. The standard InChI is InChI=1S/C12H13BrF3NO/c1-18-10-5-8(12(14,15)16)4-9(13)11(10)7-2-3-17-6-7/h4-5,7,17H,2-3,6H2,1H3. The molecule has 1 heterocycles. The van der Waals surface area contributed by atoms with Gasteiger partial charge >= 0.3 is 6.18 Å². The minimum Gasteiger partial charge on any atom is -0.496 e. The molecule has 0 saturated carbocycles. The number of alkyl halides is 3. The molecule has 1 atom stereocenters. The topological polar surface area (TPSA) is 21.3 Å². The van der Waals surface area contributed by atoms with Crippen molar-refractivity contribution in [1.82, 2.24) is 5.32 Å². The molecule has 0 aliphatic carbocycles. The zero-order valence-electron chi connectivity index (χ0n) is 9.77. The number of hydrogen-bond donors (Lipinski definition) is 1. The lowest BCUT2D eigenvalue weighted by atomic mass is 9.96. The Bertz CT molecular complexity index is 442. The van der Waals surface area contributed by atoms with Crippen LogP contribution < -0.4 is 10.1 Å². The third-order valence-electron chi connectivity index (χ3n) is 3.11. The van der Waals surface area contributed by atoms with Crippen molar-refractivity contribution in [2.24, 2.45) is 0 Å². The summed E-state index contributed by atoms with van der Waals surface area (Å²) in [5.74, 6) is 0.488. The summed E-state index contributed by atoms with van der Waals surface area (Å²) in [6.07, 6.45) is -3.46. The minimum absolute atomic E-state index is 0.191. The molecule has 2 nitrogen and oxygen atoms in total. The molecule has 18 heavy (non-hydrogen) atoms. The van der Waals surface area contributed by atoms with Crippen LogP contribution in [0.4, 0.5) is 13.2 Å². The quantitative estimate of drug-likeness (QED) is 0.898. The molecule has 1 aromatic rings. The summed E-state index contributed by atoms with van der Waals surface area (Å²) in [7, 11) is 1.40. The van der Waals surface area contributed by atoms with E-state index in [1.165, 1.54) is 7.11 Å². The van der Waals surface area contributed by atoms with E-state index in [4.69, 9.17) is 4.74 Å². The molecule has 1 saturated heterocycles. The Hall–Kier alpha value is -0.750. The first-order valence-corrected chi connectivity index (χ1v) is 6.38. The number of halogens is 4. The molecular weight excluding hydrogens is 311 g/mol. The van der Waals surface area contributed by atoms with Gasteiger partial charge in [-0.3, -0.25) is 0 Å². The molecule has 1 unspecified atom stereocenters. The average molecular weight is 324 g/mol.